The topological polar surface area (TPSA) is 9.23 Å². The van der Waals surface area contributed by atoms with E-state index in [1.54, 1.807) is 6.07 Å². The van der Waals surface area contributed by atoms with Crippen LogP contribution in [-0.2, 0) is 0 Å². The van der Waals surface area contributed by atoms with Crippen LogP contribution in [0.15, 0.2) is 49.1 Å². The number of ether oxygens (including phenoxy) is 1. The predicted octanol–water partition coefficient (Wildman–Crippen LogP) is 8.34. The standard InChI is InChI=1S/C28H34F2O/c1-3-5-16-31-24-15-14-23-17-25(27(29)28(30)26(23)18-24)22-12-10-21(11-13-22)20-8-6-19(4-2)7-9-20/h3-5,14-15,17-22H,2,6-13,16H2,1H3. The molecular formula is C28H34F2O. The lowest BCUT2D eigenvalue weighted by Gasteiger charge is -2.37. The molecule has 0 radical (unpaired) electrons. The van der Waals surface area contributed by atoms with Gasteiger partial charge in [0.25, 0.3) is 0 Å². The minimum atomic E-state index is -0.742. The third-order valence-electron chi connectivity index (χ3n) is 7.63. The Kier molecular flexibility index (Phi) is 7.09. The van der Waals surface area contributed by atoms with Gasteiger partial charge in [0.1, 0.15) is 12.4 Å². The van der Waals surface area contributed by atoms with Crippen molar-refractivity contribution in [2.45, 2.75) is 64.2 Å². The average Bonchev–Trinajstić information content (AvgIpc) is 2.82. The van der Waals surface area contributed by atoms with Crippen molar-refractivity contribution in [3.05, 3.63) is 66.3 Å². The maximum absolute atomic E-state index is 15.1. The van der Waals surface area contributed by atoms with Crippen LogP contribution in [0.5, 0.6) is 5.75 Å². The lowest BCUT2D eigenvalue weighted by molar-refractivity contribution is 0.171. The molecule has 31 heavy (non-hydrogen) atoms. The maximum Gasteiger partial charge on any atom is 0.167 e. The van der Waals surface area contributed by atoms with Gasteiger partial charge in [-0.25, -0.2) is 8.78 Å². The zero-order valence-corrected chi connectivity index (χ0v) is 18.6. The fourth-order valence-corrected chi connectivity index (χ4v) is 5.71. The van der Waals surface area contributed by atoms with Crippen LogP contribution in [0.2, 0.25) is 0 Å². The number of hydrogen-bond donors (Lipinski definition) is 0. The number of fused-ring (bicyclic) bond motifs is 1. The molecule has 0 atom stereocenters. The summed E-state index contributed by atoms with van der Waals surface area (Å²) >= 11 is 0. The van der Waals surface area contributed by atoms with Gasteiger partial charge in [0.05, 0.1) is 0 Å². The first-order valence-corrected chi connectivity index (χ1v) is 11.9. The molecule has 4 rings (SSSR count). The summed E-state index contributed by atoms with van der Waals surface area (Å²) in [7, 11) is 0. The van der Waals surface area contributed by atoms with Gasteiger partial charge in [-0.15, -0.1) is 6.58 Å². The average molecular weight is 425 g/mol. The second-order valence-corrected chi connectivity index (χ2v) is 9.38. The molecule has 0 aliphatic heterocycles. The predicted molar refractivity (Wildman–Crippen MR) is 125 cm³/mol. The molecule has 2 aromatic carbocycles. The first-order chi connectivity index (χ1) is 15.1. The van der Waals surface area contributed by atoms with Gasteiger partial charge < -0.3 is 4.74 Å². The fourth-order valence-electron chi connectivity index (χ4n) is 5.71. The summed E-state index contributed by atoms with van der Waals surface area (Å²) in [6, 6.07) is 7.15. The van der Waals surface area contributed by atoms with Gasteiger partial charge in [0, 0.05) is 5.39 Å². The van der Waals surface area contributed by atoms with Crippen molar-refractivity contribution in [3.63, 3.8) is 0 Å². The highest BCUT2D eigenvalue weighted by Crippen LogP contribution is 2.45. The van der Waals surface area contributed by atoms with Gasteiger partial charge in [-0.05, 0) is 111 Å². The highest BCUT2D eigenvalue weighted by atomic mass is 19.2. The number of halogens is 2. The molecule has 0 heterocycles. The van der Waals surface area contributed by atoms with Crippen LogP contribution >= 0.6 is 0 Å². The Morgan fingerprint density at radius 2 is 1.61 bits per heavy atom. The van der Waals surface area contributed by atoms with Gasteiger partial charge in [-0.1, -0.05) is 24.3 Å². The van der Waals surface area contributed by atoms with Crippen LogP contribution in [0.1, 0.15) is 69.8 Å². The SMILES string of the molecule is C=CC1CCC(C2CCC(c3cc4ccc(OCC=CC)cc4c(F)c3F)CC2)CC1. The summed E-state index contributed by atoms with van der Waals surface area (Å²) in [5.41, 5.74) is 0.557. The molecule has 0 N–H and O–H groups in total. The van der Waals surface area contributed by atoms with Crippen molar-refractivity contribution in [2.24, 2.45) is 17.8 Å². The molecule has 0 unspecified atom stereocenters. The molecule has 0 spiro atoms. The van der Waals surface area contributed by atoms with E-state index in [2.05, 4.69) is 12.7 Å². The number of hydrogen-bond acceptors (Lipinski definition) is 1. The Bertz CT molecular complexity index is 932. The quantitative estimate of drug-likeness (QED) is 0.423. The van der Waals surface area contributed by atoms with E-state index < -0.39 is 11.6 Å². The van der Waals surface area contributed by atoms with Crippen LogP contribution in [0.4, 0.5) is 8.78 Å². The number of benzene rings is 2. The molecule has 2 saturated carbocycles. The van der Waals surface area contributed by atoms with E-state index in [4.69, 9.17) is 4.74 Å². The highest BCUT2D eigenvalue weighted by Gasteiger charge is 2.32. The van der Waals surface area contributed by atoms with E-state index in [1.807, 2.05) is 37.3 Å². The fraction of sp³-hybridized carbons (Fsp3) is 0.500. The van der Waals surface area contributed by atoms with E-state index in [0.717, 1.165) is 42.9 Å². The largest absolute Gasteiger partial charge is 0.490 e. The third kappa shape index (κ3) is 4.86. The minimum absolute atomic E-state index is 0.116. The molecule has 2 aliphatic rings. The van der Waals surface area contributed by atoms with Gasteiger partial charge >= 0.3 is 0 Å². The lowest BCUT2D eigenvalue weighted by Crippen LogP contribution is -2.25. The molecule has 0 saturated heterocycles. The molecule has 0 bridgehead atoms. The van der Waals surface area contributed by atoms with E-state index in [9.17, 15) is 4.39 Å². The van der Waals surface area contributed by atoms with Crippen molar-refractivity contribution < 1.29 is 13.5 Å². The molecular weight excluding hydrogens is 390 g/mol. The normalized spacial score (nSPS) is 26.9. The summed E-state index contributed by atoms with van der Waals surface area (Å²) in [6.07, 6.45) is 15.2. The van der Waals surface area contributed by atoms with E-state index >= 15 is 4.39 Å². The van der Waals surface area contributed by atoms with Crippen molar-refractivity contribution in [1.29, 1.82) is 0 Å². The van der Waals surface area contributed by atoms with E-state index in [0.29, 0.717) is 29.2 Å². The van der Waals surface area contributed by atoms with Crippen LogP contribution in [0, 0.1) is 29.4 Å². The van der Waals surface area contributed by atoms with Crippen molar-refractivity contribution >= 4 is 10.8 Å². The summed E-state index contributed by atoms with van der Waals surface area (Å²) in [6.45, 7) is 6.29. The molecule has 2 aliphatic carbocycles. The summed E-state index contributed by atoms with van der Waals surface area (Å²) in [5.74, 6) is 1.50. The Morgan fingerprint density at radius 3 is 2.26 bits per heavy atom. The van der Waals surface area contributed by atoms with Crippen LogP contribution in [0.3, 0.4) is 0 Å². The van der Waals surface area contributed by atoms with Gasteiger partial charge in [0.15, 0.2) is 11.6 Å². The Balaban J connectivity index is 1.45. The first-order valence-electron chi connectivity index (χ1n) is 11.9. The zero-order valence-electron chi connectivity index (χ0n) is 18.6. The van der Waals surface area contributed by atoms with Gasteiger partial charge in [-0.2, -0.15) is 0 Å². The molecule has 0 amide bonds. The maximum atomic E-state index is 15.1. The Morgan fingerprint density at radius 1 is 0.935 bits per heavy atom. The molecule has 2 aromatic rings. The van der Waals surface area contributed by atoms with Crippen molar-refractivity contribution in [1.82, 2.24) is 0 Å². The minimum Gasteiger partial charge on any atom is -0.490 e. The summed E-state index contributed by atoms with van der Waals surface area (Å²) in [5, 5.41) is 1.05. The van der Waals surface area contributed by atoms with Crippen LogP contribution in [-0.4, -0.2) is 6.61 Å². The summed E-state index contributed by atoms with van der Waals surface area (Å²) in [4.78, 5) is 0. The zero-order chi connectivity index (χ0) is 21.8. The summed E-state index contributed by atoms with van der Waals surface area (Å²) < 4.78 is 35.6. The Labute approximate surface area is 185 Å². The molecule has 1 nitrogen and oxygen atoms in total. The molecule has 3 heteroatoms. The van der Waals surface area contributed by atoms with Crippen LogP contribution < -0.4 is 4.74 Å². The molecule has 0 aromatic heterocycles. The smallest absolute Gasteiger partial charge is 0.167 e. The van der Waals surface area contributed by atoms with Crippen LogP contribution in [0.25, 0.3) is 10.8 Å². The number of allylic oxidation sites excluding steroid dienone is 2. The van der Waals surface area contributed by atoms with E-state index in [1.165, 1.54) is 25.7 Å². The van der Waals surface area contributed by atoms with E-state index in [-0.39, 0.29) is 5.92 Å². The van der Waals surface area contributed by atoms with Crippen molar-refractivity contribution in [2.75, 3.05) is 6.61 Å². The highest BCUT2D eigenvalue weighted by molar-refractivity contribution is 5.85. The molecule has 2 fully saturated rings. The molecule has 166 valence electrons. The lowest BCUT2D eigenvalue weighted by atomic mass is 9.68. The Hall–Kier alpha value is -2.16. The van der Waals surface area contributed by atoms with Gasteiger partial charge in [0.2, 0.25) is 0 Å². The first kappa shape index (κ1) is 22.0. The second kappa shape index (κ2) is 9.97. The monoisotopic (exact) mass is 424 g/mol. The number of rotatable bonds is 6. The second-order valence-electron chi connectivity index (χ2n) is 9.38. The van der Waals surface area contributed by atoms with Gasteiger partial charge in [-0.3, -0.25) is 0 Å². The third-order valence-corrected chi connectivity index (χ3v) is 7.63. The van der Waals surface area contributed by atoms with Crippen molar-refractivity contribution in [3.8, 4) is 5.75 Å².